The van der Waals surface area contributed by atoms with Crippen molar-refractivity contribution < 1.29 is 23.8 Å². The van der Waals surface area contributed by atoms with Gasteiger partial charge in [0.05, 0.1) is 19.9 Å². The van der Waals surface area contributed by atoms with Crippen molar-refractivity contribution in [2.45, 2.75) is 25.3 Å². The van der Waals surface area contributed by atoms with Crippen molar-refractivity contribution in [3.05, 3.63) is 54.1 Å². The number of ether oxygens (including phenoxy) is 3. The molecule has 0 spiro atoms. The maximum atomic E-state index is 13.0. The lowest BCUT2D eigenvalue weighted by atomic mass is 9.84. The molecule has 1 atom stereocenters. The zero-order chi connectivity index (χ0) is 19.4. The number of carbonyl (C=O) groups is 2. The maximum Gasteiger partial charge on any atom is 0.415 e. The molecular formula is C21H23NO5. The van der Waals surface area contributed by atoms with Crippen LogP contribution in [0.3, 0.4) is 0 Å². The van der Waals surface area contributed by atoms with Gasteiger partial charge < -0.3 is 14.2 Å². The molecule has 0 aliphatic carbocycles. The number of hydrogen-bond donors (Lipinski definition) is 0. The minimum Gasteiger partial charge on any atom is -0.493 e. The number of hydrogen-bond acceptors (Lipinski definition) is 5. The lowest BCUT2D eigenvalue weighted by Crippen LogP contribution is -2.55. The molecule has 1 fully saturated rings. The monoisotopic (exact) mass is 369 g/mol. The highest BCUT2D eigenvalue weighted by atomic mass is 16.6. The van der Waals surface area contributed by atoms with Gasteiger partial charge in [0.25, 0.3) is 0 Å². The Balaban J connectivity index is 2.09. The first-order valence-corrected chi connectivity index (χ1v) is 8.82. The van der Waals surface area contributed by atoms with E-state index in [9.17, 15) is 9.59 Å². The molecule has 2 aromatic rings. The summed E-state index contributed by atoms with van der Waals surface area (Å²) in [5.74, 6) is 0.975. The van der Waals surface area contributed by atoms with E-state index in [-0.39, 0.29) is 12.4 Å². The number of cyclic esters (lactones) is 1. The van der Waals surface area contributed by atoms with Crippen LogP contribution in [-0.2, 0) is 16.0 Å². The van der Waals surface area contributed by atoms with Crippen molar-refractivity contribution in [3.8, 4) is 11.5 Å². The van der Waals surface area contributed by atoms with Gasteiger partial charge in [-0.3, -0.25) is 9.69 Å². The fraction of sp³-hybridized carbons (Fsp3) is 0.333. The minimum atomic E-state index is -1.09. The maximum absolute atomic E-state index is 13.0. The van der Waals surface area contributed by atoms with Crippen molar-refractivity contribution in [1.82, 2.24) is 0 Å². The van der Waals surface area contributed by atoms with E-state index in [2.05, 4.69) is 0 Å². The van der Waals surface area contributed by atoms with Gasteiger partial charge in [-0.05, 0) is 17.7 Å². The quantitative estimate of drug-likeness (QED) is 0.746. The third kappa shape index (κ3) is 3.35. The van der Waals surface area contributed by atoms with Gasteiger partial charge in [-0.2, -0.15) is 0 Å². The molecule has 0 unspecified atom stereocenters. The Morgan fingerprint density at radius 1 is 1.11 bits per heavy atom. The second-order valence-electron chi connectivity index (χ2n) is 6.40. The van der Waals surface area contributed by atoms with Crippen molar-refractivity contribution >= 4 is 17.6 Å². The first-order valence-electron chi connectivity index (χ1n) is 8.82. The fourth-order valence-electron chi connectivity index (χ4n) is 3.50. The van der Waals surface area contributed by atoms with Gasteiger partial charge in [-0.25, -0.2) is 4.79 Å². The number of rotatable bonds is 7. The molecule has 1 saturated heterocycles. The zero-order valence-electron chi connectivity index (χ0n) is 15.7. The highest BCUT2D eigenvalue weighted by Gasteiger charge is 2.53. The standard InChI is InChI=1S/C21H23NO5/c1-4-19(23)21(13-15-8-6-5-7-9-15)14-27-20(24)22(21)16-10-11-17(25-2)18(12-16)26-3/h5-12H,4,13-14H2,1-3H3/t21-/m0/s1. The summed E-state index contributed by atoms with van der Waals surface area (Å²) < 4.78 is 16.0. The van der Waals surface area contributed by atoms with E-state index >= 15 is 0 Å². The Kier molecular flexibility index (Phi) is 5.35. The van der Waals surface area contributed by atoms with Crippen LogP contribution in [0.2, 0.25) is 0 Å². The summed E-state index contributed by atoms with van der Waals surface area (Å²) in [4.78, 5) is 27.1. The van der Waals surface area contributed by atoms with Crippen LogP contribution < -0.4 is 14.4 Å². The number of nitrogens with zero attached hydrogens (tertiary/aromatic N) is 1. The Morgan fingerprint density at radius 3 is 2.44 bits per heavy atom. The minimum absolute atomic E-state index is 0.0156. The van der Waals surface area contributed by atoms with Crippen molar-refractivity contribution in [2.75, 3.05) is 25.7 Å². The molecule has 1 aliphatic heterocycles. The van der Waals surface area contributed by atoms with Crippen LogP contribution in [0.15, 0.2) is 48.5 Å². The van der Waals surface area contributed by atoms with Crippen molar-refractivity contribution in [3.63, 3.8) is 0 Å². The van der Waals surface area contributed by atoms with E-state index in [1.165, 1.54) is 12.0 Å². The van der Waals surface area contributed by atoms with Crippen LogP contribution >= 0.6 is 0 Å². The molecule has 1 heterocycles. The van der Waals surface area contributed by atoms with Gasteiger partial charge in [0.1, 0.15) is 12.1 Å². The van der Waals surface area contributed by atoms with E-state index in [4.69, 9.17) is 14.2 Å². The summed E-state index contributed by atoms with van der Waals surface area (Å²) >= 11 is 0. The summed E-state index contributed by atoms with van der Waals surface area (Å²) in [6, 6.07) is 14.8. The third-order valence-electron chi connectivity index (χ3n) is 4.85. The van der Waals surface area contributed by atoms with Gasteiger partial charge in [0, 0.05) is 18.9 Å². The summed E-state index contributed by atoms with van der Waals surface area (Å²) in [5.41, 5.74) is 0.406. The highest BCUT2D eigenvalue weighted by Crippen LogP contribution is 2.39. The lowest BCUT2D eigenvalue weighted by Gasteiger charge is -2.34. The van der Waals surface area contributed by atoms with Gasteiger partial charge in [-0.15, -0.1) is 0 Å². The molecule has 0 radical (unpaired) electrons. The van der Waals surface area contributed by atoms with Gasteiger partial charge in [0.2, 0.25) is 0 Å². The predicted octanol–water partition coefficient (Wildman–Crippen LogP) is 3.62. The number of ketones is 1. The first-order chi connectivity index (χ1) is 13.1. The number of anilines is 1. The third-order valence-corrected chi connectivity index (χ3v) is 4.85. The van der Waals surface area contributed by atoms with E-state index in [1.807, 2.05) is 30.3 Å². The van der Waals surface area contributed by atoms with Crippen LogP contribution in [0.25, 0.3) is 0 Å². The molecular weight excluding hydrogens is 346 g/mol. The summed E-state index contributed by atoms with van der Waals surface area (Å²) in [5, 5.41) is 0. The summed E-state index contributed by atoms with van der Waals surface area (Å²) in [6.07, 6.45) is 0.133. The fourth-order valence-corrected chi connectivity index (χ4v) is 3.50. The zero-order valence-corrected chi connectivity index (χ0v) is 15.7. The van der Waals surface area contributed by atoms with Crippen LogP contribution in [0, 0.1) is 0 Å². The predicted molar refractivity (Wildman–Crippen MR) is 102 cm³/mol. The second kappa shape index (κ2) is 7.70. The van der Waals surface area contributed by atoms with E-state index in [0.29, 0.717) is 30.0 Å². The normalized spacial score (nSPS) is 18.9. The molecule has 142 valence electrons. The van der Waals surface area contributed by atoms with Crippen molar-refractivity contribution in [2.24, 2.45) is 0 Å². The van der Waals surface area contributed by atoms with Gasteiger partial charge in [0.15, 0.2) is 17.3 Å². The molecule has 3 rings (SSSR count). The van der Waals surface area contributed by atoms with E-state index in [1.54, 1.807) is 32.2 Å². The average Bonchev–Trinajstić information content (AvgIpc) is 3.04. The molecule has 1 aliphatic rings. The number of Topliss-reactive ketones (excluding diaryl/α,β-unsaturated/α-hetero) is 1. The van der Waals surface area contributed by atoms with Gasteiger partial charge >= 0.3 is 6.09 Å². The van der Waals surface area contributed by atoms with Crippen LogP contribution in [0.4, 0.5) is 10.5 Å². The molecule has 0 bridgehead atoms. The van der Waals surface area contributed by atoms with Crippen LogP contribution in [0.1, 0.15) is 18.9 Å². The molecule has 0 N–H and O–H groups in total. The van der Waals surface area contributed by atoms with Crippen molar-refractivity contribution in [1.29, 1.82) is 0 Å². The number of carbonyl (C=O) groups excluding carboxylic acids is 2. The van der Waals surface area contributed by atoms with E-state index < -0.39 is 11.6 Å². The Morgan fingerprint density at radius 2 is 1.81 bits per heavy atom. The van der Waals surface area contributed by atoms with E-state index in [0.717, 1.165) is 5.56 Å². The topological polar surface area (TPSA) is 65.1 Å². The molecule has 6 nitrogen and oxygen atoms in total. The van der Waals surface area contributed by atoms with Crippen LogP contribution in [0.5, 0.6) is 11.5 Å². The lowest BCUT2D eigenvalue weighted by molar-refractivity contribution is -0.123. The molecule has 0 aromatic heterocycles. The molecule has 1 amide bonds. The highest BCUT2D eigenvalue weighted by molar-refractivity contribution is 6.04. The number of methoxy groups -OCH3 is 2. The Labute approximate surface area is 158 Å². The van der Waals surface area contributed by atoms with Gasteiger partial charge in [-0.1, -0.05) is 37.3 Å². The molecule has 0 saturated carbocycles. The molecule has 2 aromatic carbocycles. The number of benzene rings is 2. The summed E-state index contributed by atoms with van der Waals surface area (Å²) in [6.45, 7) is 1.81. The Hall–Kier alpha value is -3.02. The first kappa shape index (κ1) is 18.8. The smallest absolute Gasteiger partial charge is 0.415 e. The molecule has 27 heavy (non-hydrogen) atoms. The molecule has 6 heteroatoms. The Bertz CT molecular complexity index is 836. The average molecular weight is 369 g/mol. The number of amides is 1. The summed E-state index contributed by atoms with van der Waals surface area (Å²) in [7, 11) is 3.07. The largest absolute Gasteiger partial charge is 0.493 e. The second-order valence-corrected chi connectivity index (χ2v) is 6.40. The van der Waals surface area contributed by atoms with Crippen LogP contribution in [-0.4, -0.2) is 38.2 Å². The SMILES string of the molecule is CCC(=O)[C@]1(Cc2ccccc2)COC(=O)N1c1ccc(OC)c(OC)c1.